The summed E-state index contributed by atoms with van der Waals surface area (Å²) in [6.45, 7) is 0. The summed E-state index contributed by atoms with van der Waals surface area (Å²) in [4.78, 5) is 0. The van der Waals surface area contributed by atoms with Crippen molar-refractivity contribution in [1.29, 1.82) is 5.26 Å². The van der Waals surface area contributed by atoms with Crippen molar-refractivity contribution < 1.29 is 47.4 Å². The van der Waals surface area contributed by atoms with E-state index in [0.717, 1.165) is 109 Å². The largest absolute Gasteiger partial charge is 0.497 e. The number of nitriles is 1. The topological polar surface area (TPSA) is 141 Å². The van der Waals surface area contributed by atoms with E-state index in [4.69, 9.17) is 47.4 Å². The highest BCUT2D eigenvalue weighted by atomic mass is 16.5. The Morgan fingerprint density at radius 1 is 0.204 bits per heavy atom. The lowest BCUT2D eigenvalue weighted by Crippen LogP contribution is -2.18. The van der Waals surface area contributed by atoms with Crippen molar-refractivity contribution in [2.45, 2.75) is 0 Å². The third-order valence-electron chi connectivity index (χ3n) is 18.5. The fraction of sp³-hybridized carbons (Fsp3) is 0.130. The molecule has 11 aromatic carbocycles. The molecule has 458 valence electrons. The third-order valence-corrected chi connectivity index (χ3v) is 18.5. The van der Waals surface area contributed by atoms with Gasteiger partial charge in [0.15, 0.2) is 0 Å². The van der Waals surface area contributed by atoms with Crippen LogP contribution >= 0.6 is 0 Å². The van der Waals surface area contributed by atoms with Gasteiger partial charge in [0.1, 0.15) is 69.1 Å². The van der Waals surface area contributed by atoms with Crippen LogP contribution in [-0.4, -0.2) is 93.9 Å². The number of fused-ring (bicyclic) bond motifs is 15. The van der Waals surface area contributed by atoms with E-state index >= 15 is 0 Å². The van der Waals surface area contributed by atoms with Crippen molar-refractivity contribution in [3.8, 4) is 92.0 Å². The van der Waals surface area contributed by atoms with E-state index in [1.54, 1.807) is 71.1 Å². The second-order valence-corrected chi connectivity index (χ2v) is 22.7. The van der Waals surface area contributed by atoms with Gasteiger partial charge in [0.05, 0.1) is 155 Å². The van der Waals surface area contributed by atoms with Gasteiger partial charge >= 0.3 is 0 Å². The molecule has 16 heteroatoms. The SMILES string of the molecule is COc1ccc2c(c1)c1cc(OC)ccc1n2-c1c(C#N)c(-n2c3ccc(OC)cc3c3cc(OC)ccc32)c(-n2c3ccc(OC)cc3c3cc(OC)ccc32)c(-n2c3ccc(OC)cc3c3cc(OC)ccc32)c1-n1c2ccc(OC)cc2c2cc(OC)ccc21. The Labute approximate surface area is 532 Å². The highest BCUT2D eigenvalue weighted by Gasteiger charge is 2.37. The van der Waals surface area contributed by atoms with Crippen molar-refractivity contribution in [2.24, 2.45) is 0 Å². The molecule has 0 bridgehead atoms. The Morgan fingerprint density at radius 2 is 0.333 bits per heavy atom. The second kappa shape index (κ2) is 21.6. The lowest BCUT2D eigenvalue weighted by Gasteiger charge is -2.30. The van der Waals surface area contributed by atoms with Gasteiger partial charge in [-0.3, -0.25) is 0 Å². The van der Waals surface area contributed by atoms with Crippen LogP contribution in [-0.2, 0) is 0 Å². The number of ether oxygens (including phenoxy) is 10. The normalized spacial score (nSPS) is 11.8. The number of rotatable bonds is 15. The predicted octanol–water partition coefficient (Wildman–Crippen LogP) is 17.1. The molecule has 0 aliphatic carbocycles. The van der Waals surface area contributed by atoms with Gasteiger partial charge in [-0.05, 0) is 182 Å². The van der Waals surface area contributed by atoms with E-state index in [0.29, 0.717) is 91.5 Å². The van der Waals surface area contributed by atoms with Crippen molar-refractivity contribution >= 4 is 109 Å². The summed E-state index contributed by atoms with van der Waals surface area (Å²) in [5, 5.41) is 22.1. The smallest absolute Gasteiger partial charge is 0.119 e. The molecule has 0 aliphatic rings. The average molecular weight is 1230 g/mol. The number of methoxy groups -OCH3 is 10. The number of nitrogens with zero attached hydrogens (tertiary/aromatic N) is 6. The lowest BCUT2D eigenvalue weighted by atomic mass is 10.0. The van der Waals surface area contributed by atoms with Gasteiger partial charge in [0, 0.05) is 53.9 Å². The maximum absolute atomic E-state index is 13.4. The van der Waals surface area contributed by atoms with Crippen molar-refractivity contribution in [2.75, 3.05) is 71.1 Å². The molecule has 0 fully saturated rings. The van der Waals surface area contributed by atoms with Crippen molar-refractivity contribution in [3.63, 3.8) is 0 Å². The van der Waals surface area contributed by atoms with Gasteiger partial charge in [-0.25, -0.2) is 0 Å². The number of benzene rings is 11. The summed E-state index contributed by atoms with van der Waals surface area (Å²) in [6.07, 6.45) is 0. The first-order valence-electron chi connectivity index (χ1n) is 30.1. The molecule has 0 unspecified atom stereocenters. The Morgan fingerprint density at radius 3 is 0.462 bits per heavy atom. The maximum atomic E-state index is 13.4. The molecule has 0 spiro atoms. The molecular formula is C77H60N6O10. The lowest BCUT2D eigenvalue weighted by molar-refractivity contribution is 0.415. The Kier molecular flexibility index (Phi) is 13.0. The molecule has 16 nitrogen and oxygen atoms in total. The molecule has 5 aromatic heterocycles. The first-order chi connectivity index (χ1) is 45.6. The first kappa shape index (κ1) is 56.2. The minimum Gasteiger partial charge on any atom is -0.497 e. The van der Waals surface area contributed by atoms with Crippen LogP contribution in [0.4, 0.5) is 0 Å². The molecule has 0 amide bonds. The van der Waals surface area contributed by atoms with Crippen LogP contribution in [0.2, 0.25) is 0 Å². The monoisotopic (exact) mass is 1230 g/mol. The third kappa shape index (κ3) is 8.15. The quantitative estimate of drug-likeness (QED) is 0.0968. The van der Waals surface area contributed by atoms with E-state index in [1.807, 2.05) is 60.7 Å². The maximum Gasteiger partial charge on any atom is 0.119 e. The van der Waals surface area contributed by atoms with Crippen LogP contribution in [0.1, 0.15) is 5.56 Å². The summed E-state index contributed by atoms with van der Waals surface area (Å²) in [5.41, 5.74) is 11.4. The molecule has 16 aromatic rings. The molecule has 0 N–H and O–H groups in total. The van der Waals surface area contributed by atoms with E-state index in [2.05, 4.69) is 150 Å². The summed E-state index contributed by atoms with van der Waals surface area (Å²) in [5.74, 6) is 6.56. The molecule has 16 rings (SSSR count). The van der Waals surface area contributed by atoms with Crippen LogP contribution in [0.25, 0.3) is 137 Å². The molecule has 0 radical (unpaired) electrons. The van der Waals surface area contributed by atoms with E-state index in [9.17, 15) is 5.26 Å². The van der Waals surface area contributed by atoms with Crippen LogP contribution in [0.15, 0.2) is 182 Å². The zero-order valence-electron chi connectivity index (χ0n) is 52.6. The van der Waals surface area contributed by atoms with Crippen LogP contribution < -0.4 is 47.4 Å². The molecular weight excluding hydrogens is 1170 g/mol. The van der Waals surface area contributed by atoms with E-state index in [-0.39, 0.29) is 0 Å². The minimum atomic E-state index is 0.317. The fourth-order valence-electron chi connectivity index (χ4n) is 14.2. The zero-order valence-corrected chi connectivity index (χ0v) is 52.6. The standard InChI is InChI=1S/C77H60N6O10/c1-84-42-11-21-63-52(31-42)53-32-43(85-2)12-22-64(53)79(63)73-62(41-78)74(80-65-23-13-44(86-3)33-54(65)55-34-45(87-4)14-24-66(55)80)76(82-69-27-17-48(90-7)37-58(69)59-38-49(91-8)18-28-70(59)82)77(83-71-29-19-50(92-9)39-60(71)61-40-51(93-10)20-30-72(61)83)75(73)81-67-25-15-46(88-5)35-56(67)57-36-47(89-6)16-26-68(57)81/h11-40H,1-10H3. The summed E-state index contributed by atoms with van der Waals surface area (Å²) >= 11 is 0. The van der Waals surface area contributed by atoms with Gasteiger partial charge in [0.25, 0.3) is 0 Å². The van der Waals surface area contributed by atoms with Gasteiger partial charge in [-0.2, -0.15) is 5.26 Å². The molecule has 0 atom stereocenters. The zero-order chi connectivity index (χ0) is 63.7. The predicted molar refractivity (Wildman–Crippen MR) is 368 cm³/mol. The molecule has 0 saturated heterocycles. The van der Waals surface area contributed by atoms with Crippen LogP contribution in [0.3, 0.4) is 0 Å². The minimum absolute atomic E-state index is 0.317. The highest BCUT2D eigenvalue weighted by Crippen LogP contribution is 2.53. The summed E-state index contributed by atoms with van der Waals surface area (Å²) in [7, 11) is 16.8. The first-order valence-corrected chi connectivity index (χ1v) is 30.1. The Hall–Kier alpha value is -12.1. The van der Waals surface area contributed by atoms with Crippen molar-refractivity contribution in [3.05, 3.63) is 188 Å². The van der Waals surface area contributed by atoms with Crippen LogP contribution in [0.5, 0.6) is 57.5 Å². The number of hydrogen-bond donors (Lipinski definition) is 0. The summed E-state index contributed by atoms with van der Waals surface area (Å²) in [6, 6.07) is 64.5. The van der Waals surface area contributed by atoms with E-state index < -0.39 is 0 Å². The molecule has 0 saturated carbocycles. The Bertz CT molecular complexity index is 5290. The molecule has 93 heavy (non-hydrogen) atoms. The highest BCUT2D eigenvalue weighted by molar-refractivity contribution is 6.19. The summed E-state index contributed by atoms with van der Waals surface area (Å²) < 4.78 is 72.2. The van der Waals surface area contributed by atoms with Gasteiger partial charge < -0.3 is 70.2 Å². The fourth-order valence-corrected chi connectivity index (χ4v) is 14.2. The van der Waals surface area contributed by atoms with Crippen LogP contribution in [0, 0.1) is 11.3 Å². The molecule has 5 heterocycles. The van der Waals surface area contributed by atoms with Gasteiger partial charge in [-0.1, -0.05) is 0 Å². The van der Waals surface area contributed by atoms with Gasteiger partial charge in [-0.15, -0.1) is 0 Å². The second-order valence-electron chi connectivity index (χ2n) is 22.7. The van der Waals surface area contributed by atoms with Gasteiger partial charge in [0.2, 0.25) is 0 Å². The van der Waals surface area contributed by atoms with Crippen molar-refractivity contribution in [1.82, 2.24) is 22.8 Å². The average Bonchev–Trinajstić information content (AvgIpc) is 1.58. The van der Waals surface area contributed by atoms with E-state index in [1.165, 1.54) is 0 Å². The number of hydrogen-bond acceptors (Lipinski definition) is 11. The molecule has 0 aliphatic heterocycles. The Balaban J connectivity index is 1.30. The number of aromatic nitrogens is 5.